The lowest BCUT2D eigenvalue weighted by atomic mass is 10.3. The number of aryl methyl sites for hydroxylation is 2. The molecule has 0 unspecified atom stereocenters. The van der Waals surface area contributed by atoms with Gasteiger partial charge in [-0.25, -0.2) is 4.39 Å². The summed E-state index contributed by atoms with van der Waals surface area (Å²) >= 11 is 3.34. The molecular formula is C13H15BrFN3. The van der Waals surface area contributed by atoms with E-state index in [0.29, 0.717) is 6.54 Å². The molecule has 1 heterocycles. The van der Waals surface area contributed by atoms with Gasteiger partial charge in [-0.15, -0.1) is 0 Å². The normalized spacial score (nSPS) is 10.7. The molecule has 5 heteroatoms. The van der Waals surface area contributed by atoms with Gasteiger partial charge in [0.25, 0.3) is 0 Å². The van der Waals surface area contributed by atoms with Crippen molar-refractivity contribution in [2.24, 2.45) is 0 Å². The molecule has 1 N–H and O–H groups in total. The summed E-state index contributed by atoms with van der Waals surface area (Å²) in [5.41, 5.74) is 3.00. The van der Waals surface area contributed by atoms with Crippen LogP contribution in [0, 0.1) is 12.7 Å². The fraction of sp³-hybridized carbons (Fsp3) is 0.308. The van der Waals surface area contributed by atoms with Gasteiger partial charge in [0.15, 0.2) is 0 Å². The summed E-state index contributed by atoms with van der Waals surface area (Å²) in [7, 11) is 0. The Balaban J connectivity index is 2.11. The molecule has 0 atom stereocenters. The summed E-state index contributed by atoms with van der Waals surface area (Å²) in [5, 5.41) is 7.65. The maximum atomic E-state index is 13.0. The zero-order valence-corrected chi connectivity index (χ0v) is 12.0. The first kappa shape index (κ1) is 13.1. The quantitative estimate of drug-likeness (QED) is 0.932. The number of halogens is 2. The SMILES string of the molecule is CCn1nc(C)cc1CNc1ccc(F)cc1Br. The van der Waals surface area contributed by atoms with Gasteiger partial charge >= 0.3 is 0 Å². The highest BCUT2D eigenvalue weighted by Gasteiger charge is 2.05. The minimum atomic E-state index is -0.248. The van der Waals surface area contributed by atoms with E-state index in [2.05, 4.69) is 33.3 Å². The second kappa shape index (κ2) is 5.52. The van der Waals surface area contributed by atoms with E-state index in [-0.39, 0.29) is 5.82 Å². The Morgan fingerprint density at radius 2 is 2.17 bits per heavy atom. The predicted octanol–water partition coefficient (Wildman–Crippen LogP) is 3.73. The molecule has 0 amide bonds. The van der Waals surface area contributed by atoms with E-state index in [1.165, 1.54) is 12.1 Å². The third kappa shape index (κ3) is 2.90. The number of nitrogens with zero attached hydrogens (tertiary/aromatic N) is 2. The lowest BCUT2D eigenvalue weighted by molar-refractivity contribution is 0.622. The van der Waals surface area contributed by atoms with Crippen molar-refractivity contribution < 1.29 is 4.39 Å². The first-order valence-corrected chi connectivity index (χ1v) is 6.61. The molecule has 0 aliphatic rings. The Labute approximate surface area is 114 Å². The minimum absolute atomic E-state index is 0.248. The largest absolute Gasteiger partial charge is 0.378 e. The highest BCUT2D eigenvalue weighted by Crippen LogP contribution is 2.23. The summed E-state index contributed by atoms with van der Waals surface area (Å²) in [6, 6.07) is 6.66. The van der Waals surface area contributed by atoms with Gasteiger partial charge in [-0.2, -0.15) is 5.10 Å². The van der Waals surface area contributed by atoms with Gasteiger partial charge in [0, 0.05) is 16.7 Å². The zero-order chi connectivity index (χ0) is 13.1. The standard InChI is InChI=1S/C13H15BrFN3/c1-3-18-11(6-9(2)17-18)8-16-13-5-4-10(15)7-12(13)14/h4-7,16H,3,8H2,1-2H3. The Kier molecular flexibility index (Phi) is 4.01. The third-order valence-electron chi connectivity index (χ3n) is 2.68. The predicted molar refractivity (Wildman–Crippen MR) is 74.1 cm³/mol. The van der Waals surface area contributed by atoms with Crippen LogP contribution in [0.4, 0.5) is 10.1 Å². The molecule has 1 aromatic carbocycles. The molecule has 0 fully saturated rings. The third-order valence-corrected chi connectivity index (χ3v) is 3.33. The van der Waals surface area contributed by atoms with Crippen LogP contribution in [-0.4, -0.2) is 9.78 Å². The average molecular weight is 312 g/mol. The van der Waals surface area contributed by atoms with E-state index in [4.69, 9.17) is 0 Å². The minimum Gasteiger partial charge on any atom is -0.378 e. The van der Waals surface area contributed by atoms with E-state index in [0.717, 1.165) is 28.1 Å². The number of nitrogens with one attached hydrogen (secondary N) is 1. The van der Waals surface area contributed by atoms with E-state index < -0.39 is 0 Å². The lowest BCUT2D eigenvalue weighted by Crippen LogP contribution is -2.08. The Bertz CT molecular complexity index is 551. The summed E-state index contributed by atoms with van der Waals surface area (Å²) in [5.74, 6) is -0.248. The van der Waals surface area contributed by atoms with Crippen LogP contribution in [0.2, 0.25) is 0 Å². The molecule has 18 heavy (non-hydrogen) atoms. The van der Waals surface area contributed by atoms with Crippen molar-refractivity contribution in [3.63, 3.8) is 0 Å². The van der Waals surface area contributed by atoms with Gasteiger partial charge in [0.05, 0.1) is 17.9 Å². The number of rotatable bonds is 4. The molecule has 0 bridgehead atoms. The topological polar surface area (TPSA) is 29.9 Å². The molecule has 2 aromatic rings. The van der Waals surface area contributed by atoms with Crippen molar-refractivity contribution in [1.82, 2.24) is 9.78 Å². The van der Waals surface area contributed by atoms with Crippen molar-refractivity contribution in [2.45, 2.75) is 26.9 Å². The maximum Gasteiger partial charge on any atom is 0.124 e. The molecule has 0 saturated heterocycles. The van der Waals surface area contributed by atoms with E-state index in [1.807, 2.05) is 17.7 Å². The summed E-state index contributed by atoms with van der Waals surface area (Å²) in [4.78, 5) is 0. The summed E-state index contributed by atoms with van der Waals surface area (Å²) in [6.07, 6.45) is 0. The molecule has 3 nitrogen and oxygen atoms in total. The van der Waals surface area contributed by atoms with Crippen molar-refractivity contribution in [3.8, 4) is 0 Å². The fourth-order valence-electron chi connectivity index (χ4n) is 1.83. The number of hydrogen-bond donors (Lipinski definition) is 1. The van der Waals surface area contributed by atoms with Crippen LogP contribution in [0.5, 0.6) is 0 Å². The van der Waals surface area contributed by atoms with Crippen LogP contribution < -0.4 is 5.32 Å². The van der Waals surface area contributed by atoms with Crippen molar-refractivity contribution >= 4 is 21.6 Å². The van der Waals surface area contributed by atoms with Crippen molar-refractivity contribution in [1.29, 1.82) is 0 Å². The molecule has 0 saturated carbocycles. The van der Waals surface area contributed by atoms with Crippen LogP contribution in [0.25, 0.3) is 0 Å². The molecule has 0 aliphatic heterocycles. The van der Waals surface area contributed by atoms with E-state index in [9.17, 15) is 4.39 Å². The highest BCUT2D eigenvalue weighted by molar-refractivity contribution is 9.10. The Morgan fingerprint density at radius 3 is 2.83 bits per heavy atom. The molecule has 1 aromatic heterocycles. The van der Waals surface area contributed by atoms with Gasteiger partial charge in [0.1, 0.15) is 5.82 Å². The van der Waals surface area contributed by atoms with Gasteiger partial charge in [0.2, 0.25) is 0 Å². The van der Waals surface area contributed by atoms with E-state index >= 15 is 0 Å². The highest BCUT2D eigenvalue weighted by atomic mass is 79.9. The number of benzene rings is 1. The number of hydrogen-bond acceptors (Lipinski definition) is 2. The smallest absolute Gasteiger partial charge is 0.124 e. The molecule has 0 radical (unpaired) electrons. The second-order valence-electron chi connectivity index (χ2n) is 4.07. The molecular weight excluding hydrogens is 297 g/mol. The second-order valence-corrected chi connectivity index (χ2v) is 4.92. The summed E-state index contributed by atoms with van der Waals surface area (Å²) < 4.78 is 15.6. The average Bonchev–Trinajstić information content (AvgIpc) is 2.68. The van der Waals surface area contributed by atoms with Crippen LogP contribution in [0.1, 0.15) is 18.3 Å². The number of aromatic nitrogens is 2. The van der Waals surface area contributed by atoms with Gasteiger partial charge in [-0.1, -0.05) is 0 Å². The molecule has 0 spiro atoms. The van der Waals surface area contributed by atoms with Crippen LogP contribution in [-0.2, 0) is 13.1 Å². The van der Waals surface area contributed by atoms with Crippen molar-refractivity contribution in [2.75, 3.05) is 5.32 Å². The molecule has 0 aliphatic carbocycles. The first-order chi connectivity index (χ1) is 8.60. The van der Waals surface area contributed by atoms with Crippen LogP contribution in [0.15, 0.2) is 28.7 Å². The Hall–Kier alpha value is -1.36. The van der Waals surface area contributed by atoms with E-state index in [1.54, 1.807) is 6.07 Å². The fourth-order valence-corrected chi connectivity index (χ4v) is 2.32. The molecule has 2 rings (SSSR count). The summed E-state index contributed by atoms with van der Waals surface area (Å²) in [6.45, 7) is 5.54. The van der Waals surface area contributed by atoms with Crippen LogP contribution >= 0.6 is 15.9 Å². The van der Waals surface area contributed by atoms with Gasteiger partial charge < -0.3 is 5.32 Å². The van der Waals surface area contributed by atoms with Gasteiger partial charge in [-0.05, 0) is 54.0 Å². The van der Waals surface area contributed by atoms with Crippen molar-refractivity contribution in [3.05, 3.63) is 45.9 Å². The Morgan fingerprint density at radius 1 is 1.39 bits per heavy atom. The monoisotopic (exact) mass is 311 g/mol. The first-order valence-electron chi connectivity index (χ1n) is 5.82. The maximum absolute atomic E-state index is 13.0. The lowest BCUT2D eigenvalue weighted by Gasteiger charge is -2.09. The van der Waals surface area contributed by atoms with Gasteiger partial charge in [-0.3, -0.25) is 4.68 Å². The number of anilines is 1. The molecule has 96 valence electrons. The van der Waals surface area contributed by atoms with Crippen LogP contribution in [0.3, 0.4) is 0 Å². The zero-order valence-electron chi connectivity index (χ0n) is 10.4.